The normalized spacial score (nSPS) is 10.1. The van der Waals surface area contributed by atoms with E-state index in [1.807, 2.05) is 18.4 Å². The third kappa shape index (κ3) is 3.89. The number of nitrogens with one attached hydrogen (secondary N) is 1. The van der Waals surface area contributed by atoms with E-state index in [2.05, 4.69) is 20.3 Å². The van der Waals surface area contributed by atoms with E-state index in [1.54, 1.807) is 36.4 Å². The van der Waals surface area contributed by atoms with E-state index in [0.29, 0.717) is 18.4 Å². The Morgan fingerprint density at radius 1 is 1.22 bits per heavy atom. The summed E-state index contributed by atoms with van der Waals surface area (Å²) in [4.78, 5) is 12.3. The van der Waals surface area contributed by atoms with Crippen LogP contribution in [-0.2, 0) is 0 Å². The predicted octanol–water partition coefficient (Wildman–Crippen LogP) is 2.36. The summed E-state index contributed by atoms with van der Waals surface area (Å²) in [5.74, 6) is 1.63. The summed E-state index contributed by atoms with van der Waals surface area (Å²) in [6.07, 6.45) is 7.15. The summed E-state index contributed by atoms with van der Waals surface area (Å²) in [5.41, 5.74) is 0.929. The van der Waals surface area contributed by atoms with E-state index in [-0.39, 0.29) is 0 Å². The smallest absolute Gasteiger partial charge is 0.318 e. The van der Waals surface area contributed by atoms with Crippen molar-refractivity contribution in [3.63, 3.8) is 0 Å². The second-order valence-electron chi connectivity index (χ2n) is 3.43. The molecule has 1 N–H and O–H groups in total. The Labute approximate surface area is 110 Å². The Kier molecular flexibility index (Phi) is 4.78. The molecule has 0 saturated heterocycles. The zero-order valence-electron chi connectivity index (χ0n) is 10.0. The molecule has 2 heterocycles. The van der Waals surface area contributed by atoms with Gasteiger partial charge in [0.25, 0.3) is 0 Å². The van der Waals surface area contributed by atoms with Crippen LogP contribution in [0.2, 0.25) is 0 Å². The number of hydrogen-bond donors (Lipinski definition) is 1. The highest BCUT2D eigenvalue weighted by Crippen LogP contribution is 2.14. The van der Waals surface area contributed by atoms with Gasteiger partial charge in [0.15, 0.2) is 0 Å². The standard InChI is InChI=1S/C12H14N4OS/c1-18-9-8-17-12-14-7-4-11(16-12)15-10-2-5-13-6-3-10/h2-7H,8-9H2,1H3,(H,13,14,15,16). The van der Waals surface area contributed by atoms with Crippen LogP contribution in [0.15, 0.2) is 36.8 Å². The van der Waals surface area contributed by atoms with Gasteiger partial charge in [-0.3, -0.25) is 4.98 Å². The lowest BCUT2D eigenvalue weighted by Crippen LogP contribution is -2.04. The molecule has 0 saturated carbocycles. The van der Waals surface area contributed by atoms with Gasteiger partial charge in [0.05, 0.1) is 0 Å². The Bertz CT molecular complexity index is 481. The summed E-state index contributed by atoms with van der Waals surface area (Å²) in [6.45, 7) is 0.611. The fraction of sp³-hybridized carbons (Fsp3) is 0.250. The largest absolute Gasteiger partial charge is 0.463 e. The summed E-state index contributed by atoms with van der Waals surface area (Å²) in [5, 5.41) is 3.16. The molecular formula is C12H14N4OS. The summed E-state index contributed by atoms with van der Waals surface area (Å²) >= 11 is 1.72. The van der Waals surface area contributed by atoms with Crippen LogP contribution in [0.3, 0.4) is 0 Å². The van der Waals surface area contributed by atoms with Gasteiger partial charge in [0.2, 0.25) is 0 Å². The van der Waals surface area contributed by atoms with Crippen molar-refractivity contribution in [2.24, 2.45) is 0 Å². The Morgan fingerprint density at radius 2 is 2.06 bits per heavy atom. The molecule has 18 heavy (non-hydrogen) atoms. The lowest BCUT2D eigenvalue weighted by atomic mass is 10.4. The number of hydrogen-bond acceptors (Lipinski definition) is 6. The van der Waals surface area contributed by atoms with E-state index in [4.69, 9.17) is 4.74 Å². The quantitative estimate of drug-likeness (QED) is 0.806. The van der Waals surface area contributed by atoms with Gasteiger partial charge in [0.1, 0.15) is 12.4 Å². The number of anilines is 2. The average Bonchev–Trinajstić information content (AvgIpc) is 2.41. The van der Waals surface area contributed by atoms with Crippen molar-refractivity contribution in [3.8, 4) is 6.01 Å². The van der Waals surface area contributed by atoms with Crippen LogP contribution < -0.4 is 10.1 Å². The Hall–Kier alpha value is -1.82. The van der Waals surface area contributed by atoms with Crippen molar-refractivity contribution in [3.05, 3.63) is 36.8 Å². The van der Waals surface area contributed by atoms with Crippen molar-refractivity contribution >= 4 is 23.3 Å². The molecule has 0 radical (unpaired) electrons. The highest BCUT2D eigenvalue weighted by atomic mass is 32.2. The molecule has 0 aliphatic carbocycles. The Morgan fingerprint density at radius 3 is 2.83 bits per heavy atom. The van der Waals surface area contributed by atoms with Gasteiger partial charge in [0, 0.05) is 30.0 Å². The number of ether oxygens (including phenoxy) is 1. The molecule has 6 heteroatoms. The molecule has 0 atom stereocenters. The average molecular weight is 262 g/mol. The van der Waals surface area contributed by atoms with Crippen LogP contribution in [0.25, 0.3) is 0 Å². The maximum absolute atomic E-state index is 5.43. The minimum absolute atomic E-state index is 0.392. The number of nitrogens with zero attached hydrogens (tertiary/aromatic N) is 3. The summed E-state index contributed by atoms with van der Waals surface area (Å²) in [7, 11) is 0. The van der Waals surface area contributed by atoms with E-state index < -0.39 is 0 Å². The third-order valence-electron chi connectivity index (χ3n) is 2.10. The van der Waals surface area contributed by atoms with E-state index >= 15 is 0 Å². The molecule has 0 aromatic carbocycles. The van der Waals surface area contributed by atoms with Gasteiger partial charge in [-0.15, -0.1) is 0 Å². The SMILES string of the molecule is CSCCOc1nccc(Nc2ccncc2)n1. The Balaban J connectivity index is 1.99. The van der Waals surface area contributed by atoms with E-state index in [9.17, 15) is 0 Å². The van der Waals surface area contributed by atoms with Crippen LogP contribution in [0.4, 0.5) is 11.5 Å². The summed E-state index contributed by atoms with van der Waals surface area (Å²) < 4.78 is 5.43. The first-order chi connectivity index (χ1) is 8.88. The maximum Gasteiger partial charge on any atom is 0.318 e. The molecule has 0 fully saturated rings. The van der Waals surface area contributed by atoms with Crippen molar-refractivity contribution < 1.29 is 4.74 Å². The molecule has 0 spiro atoms. The lowest BCUT2D eigenvalue weighted by molar-refractivity contribution is 0.316. The molecule has 2 aromatic heterocycles. The number of thioether (sulfide) groups is 1. The van der Waals surface area contributed by atoms with Gasteiger partial charge in [-0.1, -0.05) is 0 Å². The van der Waals surface area contributed by atoms with Crippen LogP contribution >= 0.6 is 11.8 Å². The first-order valence-corrected chi connectivity index (χ1v) is 6.90. The molecule has 0 aliphatic heterocycles. The molecule has 0 aliphatic rings. The van der Waals surface area contributed by atoms with Gasteiger partial charge in [-0.05, 0) is 24.5 Å². The molecule has 0 bridgehead atoms. The van der Waals surface area contributed by atoms with E-state index in [1.165, 1.54) is 0 Å². The molecule has 0 amide bonds. The number of pyridine rings is 1. The van der Waals surface area contributed by atoms with Crippen LogP contribution in [0, 0.1) is 0 Å². The van der Waals surface area contributed by atoms with Crippen LogP contribution in [-0.4, -0.2) is 33.6 Å². The van der Waals surface area contributed by atoms with Crippen LogP contribution in [0.5, 0.6) is 6.01 Å². The van der Waals surface area contributed by atoms with Gasteiger partial charge < -0.3 is 10.1 Å². The zero-order valence-corrected chi connectivity index (χ0v) is 10.9. The lowest BCUT2D eigenvalue weighted by Gasteiger charge is -2.07. The molecule has 2 aromatic rings. The highest BCUT2D eigenvalue weighted by Gasteiger charge is 2.00. The molecular weight excluding hydrogens is 248 g/mol. The molecule has 2 rings (SSSR count). The summed E-state index contributed by atoms with van der Waals surface area (Å²) in [6, 6.07) is 5.93. The fourth-order valence-corrected chi connectivity index (χ4v) is 1.53. The van der Waals surface area contributed by atoms with E-state index in [0.717, 1.165) is 11.4 Å². The van der Waals surface area contributed by atoms with Crippen LogP contribution in [0.1, 0.15) is 0 Å². The minimum Gasteiger partial charge on any atom is -0.463 e. The molecule has 94 valence electrons. The van der Waals surface area contributed by atoms with Crippen molar-refractivity contribution in [1.29, 1.82) is 0 Å². The zero-order chi connectivity index (χ0) is 12.6. The van der Waals surface area contributed by atoms with Gasteiger partial charge in [-0.2, -0.15) is 16.7 Å². The second kappa shape index (κ2) is 6.80. The topological polar surface area (TPSA) is 59.9 Å². The fourth-order valence-electron chi connectivity index (χ4n) is 1.28. The molecule has 0 unspecified atom stereocenters. The molecule has 5 nitrogen and oxygen atoms in total. The monoisotopic (exact) mass is 262 g/mol. The van der Waals surface area contributed by atoms with Gasteiger partial charge >= 0.3 is 6.01 Å². The number of rotatable bonds is 6. The van der Waals surface area contributed by atoms with Crippen molar-refractivity contribution in [2.75, 3.05) is 23.9 Å². The highest BCUT2D eigenvalue weighted by molar-refractivity contribution is 7.98. The van der Waals surface area contributed by atoms with Crippen molar-refractivity contribution in [2.45, 2.75) is 0 Å². The predicted molar refractivity (Wildman–Crippen MR) is 73.4 cm³/mol. The minimum atomic E-state index is 0.392. The van der Waals surface area contributed by atoms with Crippen molar-refractivity contribution in [1.82, 2.24) is 15.0 Å². The number of aromatic nitrogens is 3. The first-order valence-electron chi connectivity index (χ1n) is 5.50. The van der Waals surface area contributed by atoms with Gasteiger partial charge in [-0.25, -0.2) is 4.98 Å². The second-order valence-corrected chi connectivity index (χ2v) is 4.41. The third-order valence-corrected chi connectivity index (χ3v) is 2.68. The maximum atomic E-state index is 5.43. The first kappa shape index (κ1) is 12.6.